The molecule has 2 N–H and O–H groups in total. The number of hydrogen-bond donors (Lipinski definition) is 1. The number of aromatic nitrogens is 2. The minimum absolute atomic E-state index is 0.254. The van der Waals surface area contributed by atoms with Crippen molar-refractivity contribution in [2.45, 2.75) is 39.2 Å². The molecule has 4 rings (SSSR count). The molecule has 4 nitrogen and oxygen atoms in total. The van der Waals surface area contributed by atoms with E-state index in [-0.39, 0.29) is 5.54 Å². The van der Waals surface area contributed by atoms with Crippen LogP contribution in [0.1, 0.15) is 50.0 Å². The van der Waals surface area contributed by atoms with Crippen LogP contribution in [-0.4, -0.2) is 34.5 Å². The third kappa shape index (κ3) is 5.26. The Morgan fingerprint density at radius 2 is 1.88 bits per heavy atom. The van der Waals surface area contributed by atoms with Crippen molar-refractivity contribution in [2.75, 3.05) is 19.6 Å². The second-order valence-electron chi connectivity index (χ2n) is 8.44. The minimum atomic E-state index is -0.254. The summed E-state index contributed by atoms with van der Waals surface area (Å²) < 4.78 is 0. The molecular weight excluding hydrogens is 480 g/mol. The van der Waals surface area contributed by atoms with Gasteiger partial charge in [-0.2, -0.15) is 0 Å². The number of hydrogen-bond acceptors (Lipinski definition) is 6. The smallest absolute Gasteiger partial charge is 0.152 e. The molecule has 1 atom stereocenters. The molecule has 7 heteroatoms. The predicted octanol–water partition coefficient (Wildman–Crippen LogP) is 7.54. The van der Waals surface area contributed by atoms with Crippen molar-refractivity contribution in [1.29, 1.82) is 0 Å². The molecular formula is C27H31ClN4S2. The van der Waals surface area contributed by atoms with Crippen molar-refractivity contribution >= 4 is 57.3 Å². The van der Waals surface area contributed by atoms with Crippen molar-refractivity contribution < 1.29 is 0 Å². The molecule has 0 aliphatic heterocycles. The average molecular weight is 511 g/mol. The molecule has 34 heavy (non-hydrogen) atoms. The van der Waals surface area contributed by atoms with Crippen LogP contribution >= 0.6 is 34.3 Å². The van der Waals surface area contributed by atoms with E-state index in [9.17, 15) is 0 Å². The van der Waals surface area contributed by atoms with Crippen LogP contribution in [0.4, 0.5) is 0 Å². The summed E-state index contributed by atoms with van der Waals surface area (Å²) in [7, 11) is 0. The maximum atomic E-state index is 6.36. The lowest BCUT2D eigenvalue weighted by atomic mass is 9.86. The van der Waals surface area contributed by atoms with Crippen molar-refractivity contribution in [1.82, 2.24) is 14.9 Å². The molecule has 0 aliphatic rings. The van der Waals surface area contributed by atoms with Crippen LogP contribution < -0.4 is 5.73 Å². The molecule has 3 heterocycles. The van der Waals surface area contributed by atoms with Gasteiger partial charge in [-0.15, -0.1) is 22.7 Å². The third-order valence-electron chi connectivity index (χ3n) is 6.30. The zero-order valence-electron chi connectivity index (χ0n) is 19.9. The van der Waals surface area contributed by atoms with Crippen LogP contribution in [0.2, 0.25) is 5.02 Å². The van der Waals surface area contributed by atoms with Gasteiger partial charge in [0.05, 0.1) is 16.7 Å². The van der Waals surface area contributed by atoms with E-state index in [1.807, 2.05) is 18.2 Å². The van der Waals surface area contributed by atoms with Crippen molar-refractivity contribution in [3.8, 4) is 9.75 Å². The van der Waals surface area contributed by atoms with Gasteiger partial charge in [0.15, 0.2) is 5.82 Å². The van der Waals surface area contributed by atoms with Gasteiger partial charge < -0.3 is 5.73 Å². The molecule has 3 aromatic heterocycles. The molecule has 4 aromatic rings. The molecule has 1 unspecified atom stereocenters. The Bertz CT molecular complexity index is 1260. The molecule has 0 saturated carbocycles. The van der Waals surface area contributed by atoms with E-state index in [1.54, 1.807) is 22.7 Å². The Labute approximate surface area is 215 Å². The zero-order valence-corrected chi connectivity index (χ0v) is 22.3. The minimum Gasteiger partial charge on any atom is -0.330 e. The fourth-order valence-corrected chi connectivity index (χ4v) is 6.46. The average Bonchev–Trinajstić information content (AvgIpc) is 3.53. The Kier molecular flexibility index (Phi) is 8.17. The van der Waals surface area contributed by atoms with Gasteiger partial charge in [0, 0.05) is 25.0 Å². The number of nitrogens with two attached hydrogens (primary N) is 1. The van der Waals surface area contributed by atoms with E-state index >= 15 is 0 Å². The first-order valence-electron chi connectivity index (χ1n) is 11.7. The number of rotatable bonds is 10. The third-order valence-corrected chi connectivity index (χ3v) is 8.65. The fourth-order valence-electron chi connectivity index (χ4n) is 4.55. The molecule has 0 radical (unpaired) electrons. The SMILES string of the molecule is CCN(CC)C(C)(CCCN)c1nc(C=Cc2ccc(-c3cccs3)s2)nc2cc(Cl)ccc12. The Morgan fingerprint density at radius 3 is 2.59 bits per heavy atom. The Hall–Kier alpha value is -2.09. The van der Waals surface area contributed by atoms with Crippen LogP contribution in [0.3, 0.4) is 0 Å². The molecule has 0 saturated heterocycles. The lowest BCUT2D eigenvalue weighted by Gasteiger charge is -2.40. The van der Waals surface area contributed by atoms with E-state index in [4.69, 9.17) is 27.3 Å². The molecule has 0 spiro atoms. The maximum absolute atomic E-state index is 6.36. The molecule has 0 fully saturated rings. The second kappa shape index (κ2) is 11.1. The summed E-state index contributed by atoms with van der Waals surface area (Å²) >= 11 is 9.89. The standard InChI is InChI=1S/C27H31ClN4S2/c1-4-32(5-2)27(3,15-7-16-29)26-21-12-9-19(28)18-22(21)30-25(31-26)14-11-20-10-13-24(34-20)23-8-6-17-33-23/h6,8-14,17-18H,4-5,7,15-16,29H2,1-3H3. The first-order valence-corrected chi connectivity index (χ1v) is 13.8. The quantitative estimate of drug-likeness (QED) is 0.239. The molecule has 0 aliphatic carbocycles. The van der Waals surface area contributed by atoms with Gasteiger partial charge in [0.1, 0.15) is 0 Å². The molecule has 0 bridgehead atoms. The number of fused-ring (bicyclic) bond motifs is 1. The predicted molar refractivity (Wildman–Crippen MR) is 150 cm³/mol. The summed E-state index contributed by atoms with van der Waals surface area (Å²) in [6, 6.07) is 14.5. The Morgan fingerprint density at radius 1 is 1.06 bits per heavy atom. The number of halogens is 1. The highest BCUT2D eigenvalue weighted by Gasteiger charge is 2.35. The van der Waals surface area contributed by atoms with E-state index in [1.165, 1.54) is 14.6 Å². The van der Waals surface area contributed by atoms with Gasteiger partial charge in [-0.1, -0.05) is 31.5 Å². The second-order valence-corrected chi connectivity index (χ2v) is 10.9. The lowest BCUT2D eigenvalue weighted by molar-refractivity contribution is 0.101. The highest BCUT2D eigenvalue weighted by atomic mass is 35.5. The monoisotopic (exact) mass is 510 g/mol. The van der Waals surface area contributed by atoms with Gasteiger partial charge in [-0.3, -0.25) is 4.90 Å². The van der Waals surface area contributed by atoms with E-state index in [0.717, 1.165) is 42.5 Å². The van der Waals surface area contributed by atoms with Gasteiger partial charge >= 0.3 is 0 Å². The topological polar surface area (TPSA) is 55.0 Å². The molecule has 1 aromatic carbocycles. The van der Waals surface area contributed by atoms with Gasteiger partial charge in [-0.25, -0.2) is 9.97 Å². The summed E-state index contributed by atoms with van der Waals surface area (Å²) in [5.41, 5.74) is 7.58. The number of nitrogens with zero attached hydrogens (tertiary/aromatic N) is 3. The molecule has 178 valence electrons. The largest absolute Gasteiger partial charge is 0.330 e. The van der Waals surface area contributed by atoms with Crippen molar-refractivity contribution in [3.05, 3.63) is 69.3 Å². The van der Waals surface area contributed by atoms with Gasteiger partial charge in [0.25, 0.3) is 0 Å². The van der Waals surface area contributed by atoms with Crippen LogP contribution in [0, 0.1) is 0 Å². The van der Waals surface area contributed by atoms with Crippen LogP contribution in [0.15, 0.2) is 47.8 Å². The highest BCUT2D eigenvalue weighted by Crippen LogP contribution is 2.37. The molecule has 0 amide bonds. The van der Waals surface area contributed by atoms with E-state index < -0.39 is 0 Å². The summed E-state index contributed by atoms with van der Waals surface area (Å²) in [5, 5.41) is 3.83. The first kappa shape index (κ1) is 25.0. The van der Waals surface area contributed by atoms with Crippen molar-refractivity contribution in [3.63, 3.8) is 0 Å². The van der Waals surface area contributed by atoms with Crippen LogP contribution in [0.25, 0.3) is 32.8 Å². The van der Waals surface area contributed by atoms with Gasteiger partial charge in [-0.05, 0) is 93.3 Å². The lowest BCUT2D eigenvalue weighted by Crippen LogP contribution is -2.45. The number of benzene rings is 1. The van der Waals surface area contributed by atoms with Crippen LogP contribution in [0.5, 0.6) is 0 Å². The fraction of sp³-hybridized carbons (Fsp3) is 0.333. The maximum Gasteiger partial charge on any atom is 0.152 e. The normalized spacial score (nSPS) is 13.8. The number of thiophene rings is 2. The van der Waals surface area contributed by atoms with Gasteiger partial charge in [0.2, 0.25) is 0 Å². The highest BCUT2D eigenvalue weighted by molar-refractivity contribution is 7.21. The summed E-state index contributed by atoms with van der Waals surface area (Å²) in [4.78, 5) is 16.2. The summed E-state index contributed by atoms with van der Waals surface area (Å²) in [6.45, 7) is 9.21. The summed E-state index contributed by atoms with van der Waals surface area (Å²) in [5.74, 6) is 0.696. The zero-order chi connectivity index (χ0) is 24.1. The Balaban J connectivity index is 1.78. The van der Waals surface area contributed by atoms with Crippen molar-refractivity contribution in [2.24, 2.45) is 5.73 Å². The first-order chi connectivity index (χ1) is 16.5. The van der Waals surface area contributed by atoms with Crippen LogP contribution in [-0.2, 0) is 5.54 Å². The van der Waals surface area contributed by atoms with E-state index in [0.29, 0.717) is 17.4 Å². The summed E-state index contributed by atoms with van der Waals surface area (Å²) in [6.07, 6.45) is 5.97. The van der Waals surface area contributed by atoms with E-state index in [2.05, 4.69) is 67.5 Å².